The van der Waals surface area contributed by atoms with Crippen LogP contribution < -0.4 is 0 Å². The third kappa shape index (κ3) is 7.07. The Morgan fingerprint density at radius 1 is 1.33 bits per heavy atom. The van der Waals surface area contributed by atoms with Crippen LogP contribution in [0.15, 0.2) is 49.6 Å². The Balaban J connectivity index is 0. The predicted octanol–water partition coefficient (Wildman–Crippen LogP) is 4.28. The molecule has 1 aliphatic carbocycles. The van der Waals surface area contributed by atoms with Crippen molar-refractivity contribution in [3.8, 4) is 0 Å². The third-order valence-electron chi connectivity index (χ3n) is 1.31. The predicted molar refractivity (Wildman–Crippen MR) is 59.3 cm³/mol. The number of hydrogen-bond acceptors (Lipinski definition) is 0. The Hall–Kier alpha value is -1.04. The summed E-state index contributed by atoms with van der Waals surface area (Å²) in [7, 11) is 0. The van der Waals surface area contributed by atoms with Crippen LogP contribution in [0.4, 0.5) is 0 Å². The molecule has 0 amide bonds. The first-order valence-corrected chi connectivity index (χ1v) is 4.41. The van der Waals surface area contributed by atoms with Crippen LogP contribution in [0.25, 0.3) is 0 Å². The lowest BCUT2D eigenvalue weighted by Crippen LogP contribution is -1.80. The normalized spacial score (nSPS) is 12.7. The van der Waals surface area contributed by atoms with Crippen LogP contribution in [-0.2, 0) is 0 Å². The van der Waals surface area contributed by atoms with E-state index in [2.05, 4.69) is 38.0 Å². The van der Waals surface area contributed by atoms with Gasteiger partial charge in [0.1, 0.15) is 0 Å². The molecule has 68 valence electrons. The van der Waals surface area contributed by atoms with Gasteiger partial charge in [0.05, 0.1) is 0 Å². The molecule has 12 heavy (non-hydrogen) atoms. The minimum atomic E-state index is 1.17. The lowest BCUT2D eigenvalue weighted by atomic mass is 10.1. The van der Waals surface area contributed by atoms with Crippen LogP contribution >= 0.6 is 0 Å². The fraction of sp³-hybridized carbons (Fsp3) is 0.333. The van der Waals surface area contributed by atoms with E-state index in [0.29, 0.717) is 0 Å². The Labute approximate surface area is 77.0 Å². The van der Waals surface area contributed by atoms with E-state index in [9.17, 15) is 0 Å². The van der Waals surface area contributed by atoms with Crippen molar-refractivity contribution >= 4 is 0 Å². The highest BCUT2D eigenvalue weighted by Crippen LogP contribution is 2.11. The van der Waals surface area contributed by atoms with E-state index >= 15 is 0 Å². The van der Waals surface area contributed by atoms with E-state index in [4.69, 9.17) is 0 Å². The Morgan fingerprint density at radius 3 is 2.17 bits per heavy atom. The maximum absolute atomic E-state index is 3.68. The number of rotatable bonds is 1. The summed E-state index contributed by atoms with van der Waals surface area (Å²) in [6, 6.07) is 0. The summed E-state index contributed by atoms with van der Waals surface area (Å²) in [6.45, 7) is 13.7. The summed E-state index contributed by atoms with van der Waals surface area (Å²) in [5.74, 6) is 0. The third-order valence-corrected chi connectivity index (χ3v) is 1.31. The summed E-state index contributed by atoms with van der Waals surface area (Å²) < 4.78 is 0. The summed E-state index contributed by atoms with van der Waals surface area (Å²) >= 11 is 0. The molecule has 0 heterocycles. The zero-order chi connectivity index (χ0) is 9.82. The van der Waals surface area contributed by atoms with Crippen molar-refractivity contribution < 1.29 is 0 Å². The monoisotopic (exact) mass is 164 g/mol. The maximum atomic E-state index is 3.68. The zero-order valence-electron chi connectivity index (χ0n) is 8.34. The van der Waals surface area contributed by atoms with Gasteiger partial charge in [0.2, 0.25) is 0 Å². The molecule has 0 aromatic heterocycles. The molecule has 0 nitrogen and oxygen atoms in total. The second-order valence-corrected chi connectivity index (χ2v) is 1.91. The molecule has 0 fully saturated rings. The molecule has 1 rings (SSSR count). The van der Waals surface area contributed by atoms with Gasteiger partial charge in [0.15, 0.2) is 0 Å². The first-order valence-electron chi connectivity index (χ1n) is 4.41. The van der Waals surface area contributed by atoms with Gasteiger partial charge in [-0.2, -0.15) is 0 Å². The Kier molecular flexibility index (Phi) is 14.2. The summed E-state index contributed by atoms with van der Waals surface area (Å²) in [4.78, 5) is 0. The standard InChI is InChI=1S/C8H10.C2H6.C2H4/c1-2-8-6-4-3-5-7-8;2*1-2/h2-4,6H,1,5,7H2;1-2H3;1-2H2. The average molecular weight is 164 g/mol. The van der Waals surface area contributed by atoms with Gasteiger partial charge in [-0.25, -0.2) is 0 Å². The van der Waals surface area contributed by atoms with E-state index in [-0.39, 0.29) is 0 Å². The molecule has 0 spiro atoms. The second-order valence-electron chi connectivity index (χ2n) is 1.91. The molecule has 0 heteroatoms. The number of allylic oxidation sites excluding steroid dienone is 5. The van der Waals surface area contributed by atoms with Gasteiger partial charge in [0, 0.05) is 0 Å². The quantitative estimate of drug-likeness (QED) is 0.507. The molecule has 0 saturated heterocycles. The topological polar surface area (TPSA) is 0 Å². The SMILES string of the molecule is C=C.C=CC1=CC=CCC1.CC. The maximum Gasteiger partial charge on any atom is -0.0244 e. The van der Waals surface area contributed by atoms with Crippen molar-refractivity contribution in [1.82, 2.24) is 0 Å². The Morgan fingerprint density at radius 2 is 1.92 bits per heavy atom. The lowest BCUT2D eigenvalue weighted by molar-refractivity contribution is 0.992. The molecule has 0 bridgehead atoms. The molecule has 0 N–H and O–H groups in total. The highest BCUT2D eigenvalue weighted by molar-refractivity contribution is 5.25. The molecule has 1 aliphatic rings. The molecular formula is C12H20. The van der Waals surface area contributed by atoms with Crippen LogP contribution in [0.3, 0.4) is 0 Å². The molecule has 0 atom stereocenters. The largest absolute Gasteiger partial charge is 0.106 e. The first-order chi connectivity index (χ1) is 5.93. The first kappa shape index (κ1) is 13.5. The molecular weight excluding hydrogens is 144 g/mol. The molecule has 0 aliphatic heterocycles. The van der Waals surface area contributed by atoms with Gasteiger partial charge in [-0.1, -0.05) is 44.7 Å². The second kappa shape index (κ2) is 12.6. The summed E-state index contributed by atoms with van der Waals surface area (Å²) in [5, 5.41) is 0. The van der Waals surface area contributed by atoms with Gasteiger partial charge >= 0.3 is 0 Å². The van der Waals surface area contributed by atoms with Gasteiger partial charge < -0.3 is 0 Å². The van der Waals surface area contributed by atoms with Crippen molar-refractivity contribution in [2.75, 3.05) is 0 Å². The van der Waals surface area contributed by atoms with E-state index in [1.165, 1.54) is 18.4 Å². The van der Waals surface area contributed by atoms with Crippen LogP contribution in [0.1, 0.15) is 26.7 Å². The molecule has 0 unspecified atom stereocenters. The van der Waals surface area contributed by atoms with Gasteiger partial charge in [-0.15, -0.1) is 13.2 Å². The molecule has 0 aromatic rings. The zero-order valence-corrected chi connectivity index (χ0v) is 8.34. The summed E-state index contributed by atoms with van der Waals surface area (Å²) in [5.41, 5.74) is 1.35. The van der Waals surface area contributed by atoms with E-state index in [0.717, 1.165) is 0 Å². The van der Waals surface area contributed by atoms with Gasteiger partial charge in [-0.3, -0.25) is 0 Å². The molecule has 0 radical (unpaired) electrons. The van der Waals surface area contributed by atoms with E-state index < -0.39 is 0 Å². The van der Waals surface area contributed by atoms with Crippen molar-refractivity contribution in [2.45, 2.75) is 26.7 Å². The highest BCUT2D eigenvalue weighted by atomic mass is 14.0. The smallest absolute Gasteiger partial charge is 0.0244 e. The van der Waals surface area contributed by atoms with Crippen molar-refractivity contribution in [1.29, 1.82) is 0 Å². The van der Waals surface area contributed by atoms with E-state index in [1.54, 1.807) is 0 Å². The van der Waals surface area contributed by atoms with Crippen LogP contribution in [-0.4, -0.2) is 0 Å². The van der Waals surface area contributed by atoms with Crippen LogP contribution in [0.2, 0.25) is 0 Å². The van der Waals surface area contributed by atoms with E-state index in [1.807, 2.05) is 19.9 Å². The van der Waals surface area contributed by atoms with Crippen molar-refractivity contribution in [2.24, 2.45) is 0 Å². The van der Waals surface area contributed by atoms with Gasteiger partial charge in [-0.05, 0) is 18.4 Å². The summed E-state index contributed by atoms with van der Waals surface area (Å²) in [6.07, 6.45) is 10.6. The van der Waals surface area contributed by atoms with Crippen molar-refractivity contribution in [3.05, 3.63) is 49.6 Å². The minimum Gasteiger partial charge on any atom is -0.106 e. The fourth-order valence-corrected chi connectivity index (χ4v) is 0.791. The average Bonchev–Trinajstić information content (AvgIpc) is 2.25. The van der Waals surface area contributed by atoms with Gasteiger partial charge in [0.25, 0.3) is 0 Å². The highest BCUT2D eigenvalue weighted by Gasteiger charge is 1.91. The van der Waals surface area contributed by atoms with Crippen LogP contribution in [0.5, 0.6) is 0 Å². The molecule has 0 saturated carbocycles. The van der Waals surface area contributed by atoms with Crippen LogP contribution in [0, 0.1) is 0 Å². The minimum absolute atomic E-state index is 1.17. The lowest BCUT2D eigenvalue weighted by Gasteiger charge is -2.00. The molecule has 0 aromatic carbocycles. The Bertz CT molecular complexity index is 149. The van der Waals surface area contributed by atoms with Crippen molar-refractivity contribution in [3.63, 3.8) is 0 Å². The number of hydrogen-bond donors (Lipinski definition) is 0. The fourth-order valence-electron chi connectivity index (χ4n) is 0.791.